The van der Waals surface area contributed by atoms with Gasteiger partial charge in [0.2, 0.25) is 0 Å². The molecule has 0 bridgehead atoms. The third-order valence-corrected chi connectivity index (χ3v) is 2.09. The highest BCUT2D eigenvalue weighted by Crippen LogP contribution is 2.09. The number of methoxy groups -OCH3 is 1. The summed E-state index contributed by atoms with van der Waals surface area (Å²) in [5.41, 5.74) is 4.95. The van der Waals surface area contributed by atoms with Gasteiger partial charge in [-0.25, -0.2) is 10.2 Å². The Morgan fingerprint density at radius 2 is 1.94 bits per heavy atom. The predicted molar refractivity (Wildman–Crippen MR) is 63.7 cm³/mol. The van der Waals surface area contributed by atoms with Gasteiger partial charge in [0.1, 0.15) is 0 Å². The number of ether oxygens (including phenoxy) is 1. The second-order valence-electron chi connectivity index (χ2n) is 3.13. The first-order valence-electron chi connectivity index (χ1n) is 4.84. The molecule has 1 aromatic carbocycles. The van der Waals surface area contributed by atoms with Crippen LogP contribution in [0.25, 0.3) is 0 Å². The summed E-state index contributed by atoms with van der Waals surface area (Å²) in [7, 11) is 3.15. The summed E-state index contributed by atoms with van der Waals surface area (Å²) in [5.74, 6) is 0. The van der Waals surface area contributed by atoms with Gasteiger partial charge in [-0.1, -0.05) is 12.1 Å². The first kappa shape index (κ1) is 12.0. The number of anilines is 1. The monoisotopic (exact) mass is 221 g/mol. The van der Waals surface area contributed by atoms with E-state index >= 15 is 0 Å². The largest absolute Gasteiger partial charge is 0.452 e. The number of nitrogens with one attached hydrogen (secondary N) is 2. The molecule has 5 heteroatoms. The number of benzene rings is 1. The van der Waals surface area contributed by atoms with Gasteiger partial charge in [-0.2, -0.15) is 5.10 Å². The van der Waals surface area contributed by atoms with Crippen LogP contribution in [-0.4, -0.2) is 26.0 Å². The summed E-state index contributed by atoms with van der Waals surface area (Å²) < 4.78 is 4.41. The lowest BCUT2D eigenvalue weighted by molar-refractivity contribution is 0.171. The Kier molecular flexibility index (Phi) is 4.32. The van der Waals surface area contributed by atoms with Gasteiger partial charge in [0.15, 0.2) is 0 Å². The van der Waals surface area contributed by atoms with Gasteiger partial charge in [0.05, 0.1) is 12.8 Å². The summed E-state index contributed by atoms with van der Waals surface area (Å²) in [6.45, 7) is 1.81. The average molecular weight is 221 g/mol. The molecule has 0 heterocycles. The summed E-state index contributed by atoms with van der Waals surface area (Å²) in [6.07, 6.45) is -0.578. The van der Waals surface area contributed by atoms with Crippen LogP contribution in [-0.2, 0) is 4.74 Å². The number of hydrogen-bond acceptors (Lipinski definition) is 4. The van der Waals surface area contributed by atoms with Crippen LogP contribution in [0, 0.1) is 0 Å². The molecular weight excluding hydrogens is 206 g/mol. The van der Waals surface area contributed by atoms with Crippen molar-refractivity contribution < 1.29 is 9.53 Å². The standard InChI is InChI=1S/C11H15N3O2/c1-8(13-14-11(15)16-3)9-4-6-10(12-2)7-5-9/h4-7,12H,1-3H3,(H,14,15)/b13-8-. The maximum Gasteiger partial charge on any atom is 0.427 e. The van der Waals surface area contributed by atoms with Crippen LogP contribution in [0.4, 0.5) is 10.5 Å². The number of amides is 1. The van der Waals surface area contributed by atoms with Crippen LogP contribution in [0.5, 0.6) is 0 Å². The number of rotatable bonds is 3. The van der Waals surface area contributed by atoms with Crippen molar-refractivity contribution >= 4 is 17.5 Å². The molecular formula is C11H15N3O2. The molecule has 86 valence electrons. The van der Waals surface area contributed by atoms with Gasteiger partial charge >= 0.3 is 6.09 Å². The van der Waals surface area contributed by atoms with E-state index < -0.39 is 6.09 Å². The molecule has 0 aliphatic carbocycles. The third kappa shape index (κ3) is 3.27. The fourth-order valence-corrected chi connectivity index (χ4v) is 1.12. The summed E-state index contributed by atoms with van der Waals surface area (Å²) in [6, 6.07) is 7.71. The Balaban J connectivity index is 2.71. The van der Waals surface area contributed by atoms with Crippen LogP contribution in [0.3, 0.4) is 0 Å². The molecule has 1 rings (SSSR count). The molecule has 0 unspecified atom stereocenters. The number of nitrogens with zero attached hydrogens (tertiary/aromatic N) is 1. The van der Waals surface area contributed by atoms with Gasteiger partial charge in [-0.05, 0) is 24.6 Å². The van der Waals surface area contributed by atoms with Crippen LogP contribution >= 0.6 is 0 Å². The molecule has 0 atom stereocenters. The minimum Gasteiger partial charge on any atom is -0.452 e. The van der Waals surface area contributed by atoms with E-state index in [4.69, 9.17) is 0 Å². The molecule has 0 saturated heterocycles. The second-order valence-corrected chi connectivity index (χ2v) is 3.13. The Hall–Kier alpha value is -2.04. The van der Waals surface area contributed by atoms with Gasteiger partial charge in [0.25, 0.3) is 0 Å². The molecule has 0 aliphatic heterocycles. The quantitative estimate of drug-likeness (QED) is 0.604. The highest BCUT2D eigenvalue weighted by atomic mass is 16.5. The Morgan fingerprint density at radius 1 is 1.31 bits per heavy atom. The lowest BCUT2D eigenvalue weighted by Gasteiger charge is -2.03. The second kappa shape index (κ2) is 5.75. The van der Waals surface area contributed by atoms with E-state index in [1.807, 2.05) is 38.2 Å². The van der Waals surface area contributed by atoms with E-state index in [2.05, 4.69) is 20.6 Å². The Labute approximate surface area is 94.5 Å². The number of carbonyl (C=O) groups excluding carboxylic acids is 1. The number of carbonyl (C=O) groups is 1. The molecule has 2 N–H and O–H groups in total. The number of hydrogen-bond donors (Lipinski definition) is 2. The number of hydrazone groups is 1. The summed E-state index contributed by atoms with van der Waals surface area (Å²) in [4.78, 5) is 10.8. The van der Waals surface area contributed by atoms with E-state index in [1.54, 1.807) is 0 Å². The minimum atomic E-state index is -0.578. The fraction of sp³-hybridized carbons (Fsp3) is 0.273. The normalized spacial score (nSPS) is 10.8. The Morgan fingerprint density at radius 3 is 2.44 bits per heavy atom. The van der Waals surface area contributed by atoms with Crippen molar-refractivity contribution in [3.05, 3.63) is 29.8 Å². The highest BCUT2D eigenvalue weighted by molar-refractivity contribution is 5.99. The van der Waals surface area contributed by atoms with Gasteiger partial charge in [-0.15, -0.1) is 0 Å². The van der Waals surface area contributed by atoms with E-state index in [9.17, 15) is 4.79 Å². The first-order chi connectivity index (χ1) is 7.67. The zero-order chi connectivity index (χ0) is 12.0. The summed E-state index contributed by atoms with van der Waals surface area (Å²) in [5, 5.41) is 6.92. The SMILES string of the molecule is CNc1ccc(/C(C)=N\NC(=O)OC)cc1. The molecule has 16 heavy (non-hydrogen) atoms. The van der Waals surface area contributed by atoms with Gasteiger partial charge in [0, 0.05) is 12.7 Å². The van der Waals surface area contributed by atoms with Crippen molar-refractivity contribution in [3.8, 4) is 0 Å². The molecule has 0 aliphatic rings. The van der Waals surface area contributed by atoms with Crippen LogP contribution < -0.4 is 10.7 Å². The van der Waals surface area contributed by atoms with E-state index in [0.717, 1.165) is 11.3 Å². The van der Waals surface area contributed by atoms with Crippen LogP contribution in [0.15, 0.2) is 29.4 Å². The molecule has 1 aromatic rings. The van der Waals surface area contributed by atoms with Crippen molar-refractivity contribution in [1.29, 1.82) is 0 Å². The fourth-order valence-electron chi connectivity index (χ4n) is 1.12. The molecule has 0 saturated carbocycles. The zero-order valence-corrected chi connectivity index (χ0v) is 9.57. The zero-order valence-electron chi connectivity index (χ0n) is 9.57. The lowest BCUT2D eigenvalue weighted by atomic mass is 10.1. The van der Waals surface area contributed by atoms with Crippen LogP contribution in [0.2, 0.25) is 0 Å². The third-order valence-electron chi connectivity index (χ3n) is 2.09. The molecule has 0 radical (unpaired) electrons. The topological polar surface area (TPSA) is 62.7 Å². The van der Waals surface area contributed by atoms with Crippen LogP contribution in [0.1, 0.15) is 12.5 Å². The lowest BCUT2D eigenvalue weighted by Crippen LogP contribution is -2.18. The molecule has 0 aromatic heterocycles. The van der Waals surface area contributed by atoms with Crippen molar-refractivity contribution in [2.24, 2.45) is 5.10 Å². The van der Waals surface area contributed by atoms with Crippen molar-refractivity contribution in [2.75, 3.05) is 19.5 Å². The van der Waals surface area contributed by atoms with Gasteiger partial charge < -0.3 is 10.1 Å². The van der Waals surface area contributed by atoms with Gasteiger partial charge in [-0.3, -0.25) is 0 Å². The minimum absolute atomic E-state index is 0.578. The first-order valence-corrected chi connectivity index (χ1v) is 4.84. The maximum absolute atomic E-state index is 10.8. The van der Waals surface area contributed by atoms with Crippen molar-refractivity contribution in [3.63, 3.8) is 0 Å². The predicted octanol–water partition coefficient (Wildman–Crippen LogP) is 1.81. The highest BCUT2D eigenvalue weighted by Gasteiger charge is 1.99. The average Bonchev–Trinajstić information content (AvgIpc) is 2.35. The molecule has 5 nitrogen and oxygen atoms in total. The maximum atomic E-state index is 10.8. The smallest absolute Gasteiger partial charge is 0.427 e. The van der Waals surface area contributed by atoms with E-state index in [-0.39, 0.29) is 0 Å². The molecule has 0 fully saturated rings. The van der Waals surface area contributed by atoms with Crippen molar-refractivity contribution in [2.45, 2.75) is 6.92 Å². The molecule has 1 amide bonds. The Bertz CT molecular complexity index is 385. The van der Waals surface area contributed by atoms with Crippen molar-refractivity contribution in [1.82, 2.24) is 5.43 Å². The summed E-state index contributed by atoms with van der Waals surface area (Å²) >= 11 is 0. The van der Waals surface area contributed by atoms with E-state index in [0.29, 0.717) is 5.71 Å². The molecule has 0 spiro atoms. The van der Waals surface area contributed by atoms with E-state index in [1.165, 1.54) is 7.11 Å².